The maximum absolute atomic E-state index is 12.3. The lowest BCUT2D eigenvalue weighted by Crippen LogP contribution is -2.41. The second-order valence-electron chi connectivity index (χ2n) is 5.55. The number of amides is 1. The second-order valence-corrected chi connectivity index (χ2v) is 5.55. The number of nitro benzene ring substituents is 1. The maximum atomic E-state index is 12.3. The number of nitrogens with zero attached hydrogens (tertiary/aromatic N) is 2. The lowest BCUT2D eigenvalue weighted by atomic mass is 10.0. The van der Waals surface area contributed by atoms with Gasteiger partial charge in [0.25, 0.3) is 11.6 Å². The van der Waals surface area contributed by atoms with Crippen LogP contribution in [0.15, 0.2) is 18.2 Å². The molecule has 3 N–H and O–H groups in total. The molecule has 0 spiro atoms. The van der Waals surface area contributed by atoms with Gasteiger partial charge in [-0.1, -0.05) is 13.8 Å². The number of carbonyl (C=O) groups is 2. The van der Waals surface area contributed by atoms with Gasteiger partial charge < -0.3 is 10.4 Å². The molecule has 0 radical (unpaired) electrons. The first-order valence-electron chi connectivity index (χ1n) is 6.95. The Morgan fingerprint density at radius 1 is 1.43 bits per heavy atom. The zero-order valence-corrected chi connectivity index (χ0v) is 12.6. The molecule has 23 heavy (non-hydrogen) atoms. The van der Waals surface area contributed by atoms with Gasteiger partial charge in [-0.25, -0.2) is 4.79 Å². The van der Waals surface area contributed by atoms with Crippen LogP contribution in [0.3, 0.4) is 0 Å². The van der Waals surface area contributed by atoms with E-state index < -0.39 is 22.8 Å². The van der Waals surface area contributed by atoms with Crippen molar-refractivity contribution in [2.45, 2.75) is 26.3 Å². The Morgan fingerprint density at radius 2 is 2.13 bits per heavy atom. The van der Waals surface area contributed by atoms with E-state index >= 15 is 0 Å². The van der Waals surface area contributed by atoms with Gasteiger partial charge in [0.15, 0.2) is 5.69 Å². The van der Waals surface area contributed by atoms with E-state index in [0.29, 0.717) is 5.52 Å². The quantitative estimate of drug-likeness (QED) is 0.547. The average molecular weight is 320 g/mol. The Balaban J connectivity index is 2.31. The summed E-state index contributed by atoms with van der Waals surface area (Å²) in [4.78, 5) is 33.7. The highest BCUT2D eigenvalue weighted by Crippen LogP contribution is 2.22. The van der Waals surface area contributed by atoms with E-state index in [9.17, 15) is 19.7 Å². The fourth-order valence-electron chi connectivity index (χ4n) is 2.21. The molecule has 1 amide bonds. The number of rotatable bonds is 6. The number of nitrogens with one attached hydrogen (secondary N) is 2. The topological polar surface area (TPSA) is 138 Å². The molecule has 0 saturated heterocycles. The zero-order chi connectivity index (χ0) is 17.1. The number of carboxylic acid groups (broad SMARTS) is 1. The molecule has 1 aromatic heterocycles. The number of hydrogen-bond acceptors (Lipinski definition) is 5. The van der Waals surface area contributed by atoms with E-state index in [2.05, 4.69) is 15.5 Å². The molecule has 0 bridgehead atoms. The van der Waals surface area contributed by atoms with Gasteiger partial charge >= 0.3 is 5.97 Å². The van der Waals surface area contributed by atoms with Crippen LogP contribution in [-0.2, 0) is 4.79 Å². The molecule has 2 rings (SSSR count). The normalized spacial score (nSPS) is 12.3. The molecule has 0 aliphatic carbocycles. The first-order chi connectivity index (χ1) is 10.8. The third-order valence-corrected chi connectivity index (χ3v) is 3.28. The molecule has 0 fully saturated rings. The minimum atomic E-state index is -1.14. The molecule has 2 aromatic rings. The SMILES string of the molecule is CC(C)CC(NC(=O)c1n[nH]c2ccc([N+](=O)[O-])cc12)C(=O)O. The number of H-pyrrole nitrogens is 1. The van der Waals surface area contributed by atoms with Gasteiger partial charge in [0.1, 0.15) is 6.04 Å². The summed E-state index contributed by atoms with van der Waals surface area (Å²) >= 11 is 0. The lowest BCUT2D eigenvalue weighted by molar-refractivity contribution is -0.384. The van der Waals surface area contributed by atoms with Crippen molar-refractivity contribution in [2.24, 2.45) is 5.92 Å². The number of non-ortho nitro benzene ring substituents is 1. The van der Waals surface area contributed by atoms with E-state index in [1.54, 1.807) is 0 Å². The summed E-state index contributed by atoms with van der Waals surface area (Å²) < 4.78 is 0. The number of benzene rings is 1. The minimum absolute atomic E-state index is 0.0706. The largest absolute Gasteiger partial charge is 0.480 e. The molecule has 0 saturated carbocycles. The molecule has 1 unspecified atom stereocenters. The lowest BCUT2D eigenvalue weighted by Gasteiger charge is -2.15. The van der Waals surface area contributed by atoms with Crippen LogP contribution in [0.5, 0.6) is 0 Å². The third kappa shape index (κ3) is 3.62. The Bertz CT molecular complexity index is 768. The Morgan fingerprint density at radius 3 is 2.70 bits per heavy atom. The molecule has 9 nitrogen and oxygen atoms in total. The standard InChI is InChI=1S/C14H16N4O5/c1-7(2)5-11(14(20)21)15-13(19)12-9-6-8(18(22)23)3-4-10(9)16-17-12/h3-4,6-7,11H,5H2,1-2H3,(H,15,19)(H,16,17)(H,20,21). The van der Waals surface area contributed by atoms with Crippen molar-refractivity contribution in [1.29, 1.82) is 0 Å². The average Bonchev–Trinajstić information content (AvgIpc) is 2.88. The molecule has 0 aliphatic heterocycles. The molecule has 1 heterocycles. The predicted molar refractivity (Wildman–Crippen MR) is 81.1 cm³/mol. The first kappa shape index (κ1) is 16.4. The summed E-state index contributed by atoms with van der Waals surface area (Å²) in [6, 6.07) is 2.92. The van der Waals surface area contributed by atoms with Gasteiger partial charge in [0, 0.05) is 17.5 Å². The van der Waals surface area contributed by atoms with Crippen LogP contribution < -0.4 is 5.32 Å². The van der Waals surface area contributed by atoms with Crippen LogP contribution >= 0.6 is 0 Å². The molecule has 0 aliphatic rings. The fourth-order valence-corrected chi connectivity index (χ4v) is 2.21. The highest BCUT2D eigenvalue weighted by atomic mass is 16.6. The first-order valence-corrected chi connectivity index (χ1v) is 6.95. The number of carboxylic acids is 1. The van der Waals surface area contributed by atoms with Crippen molar-refractivity contribution < 1.29 is 19.6 Å². The van der Waals surface area contributed by atoms with Crippen molar-refractivity contribution in [3.63, 3.8) is 0 Å². The Hall–Kier alpha value is -2.97. The van der Waals surface area contributed by atoms with Gasteiger partial charge in [0.05, 0.1) is 10.4 Å². The number of aliphatic carboxylic acids is 1. The van der Waals surface area contributed by atoms with Gasteiger partial charge in [0.2, 0.25) is 0 Å². The summed E-state index contributed by atoms with van der Waals surface area (Å²) in [6.45, 7) is 3.69. The predicted octanol–water partition coefficient (Wildman–Crippen LogP) is 1.70. The monoisotopic (exact) mass is 320 g/mol. The molecular formula is C14H16N4O5. The van der Waals surface area contributed by atoms with Gasteiger partial charge in [-0.2, -0.15) is 5.10 Å². The summed E-state index contributed by atoms with van der Waals surface area (Å²) in [5, 5.41) is 29.1. The van der Waals surface area contributed by atoms with Crippen LogP contribution in [0.25, 0.3) is 10.9 Å². The highest BCUT2D eigenvalue weighted by molar-refractivity contribution is 6.06. The number of carbonyl (C=O) groups excluding carboxylic acids is 1. The van der Waals surface area contributed by atoms with E-state index in [1.807, 2.05) is 13.8 Å². The summed E-state index contributed by atoms with van der Waals surface area (Å²) in [5.41, 5.74) is 0.208. The van der Waals surface area contributed by atoms with Crippen molar-refractivity contribution in [3.05, 3.63) is 34.0 Å². The van der Waals surface area contributed by atoms with E-state index in [-0.39, 0.29) is 29.1 Å². The van der Waals surface area contributed by atoms with Crippen molar-refractivity contribution >= 4 is 28.5 Å². The van der Waals surface area contributed by atoms with Crippen molar-refractivity contribution in [2.75, 3.05) is 0 Å². The number of fused-ring (bicyclic) bond motifs is 1. The Labute approximate surface area is 130 Å². The number of aromatic nitrogens is 2. The van der Waals surface area contributed by atoms with Gasteiger partial charge in [-0.3, -0.25) is 20.0 Å². The van der Waals surface area contributed by atoms with Crippen LogP contribution in [0.2, 0.25) is 0 Å². The van der Waals surface area contributed by atoms with Crippen LogP contribution in [0, 0.1) is 16.0 Å². The molecule has 122 valence electrons. The summed E-state index contributed by atoms with van der Waals surface area (Å²) in [7, 11) is 0. The van der Waals surface area contributed by atoms with Crippen LogP contribution in [0.1, 0.15) is 30.8 Å². The molecule has 1 aromatic carbocycles. The maximum Gasteiger partial charge on any atom is 0.326 e. The molecule has 9 heteroatoms. The van der Waals surface area contributed by atoms with Gasteiger partial charge in [-0.15, -0.1) is 0 Å². The van der Waals surface area contributed by atoms with Crippen molar-refractivity contribution in [1.82, 2.24) is 15.5 Å². The second kappa shape index (κ2) is 6.42. The summed E-state index contributed by atoms with van der Waals surface area (Å²) in [6.07, 6.45) is 0.267. The third-order valence-electron chi connectivity index (χ3n) is 3.28. The molecule has 1 atom stereocenters. The minimum Gasteiger partial charge on any atom is -0.480 e. The van der Waals surface area contributed by atoms with Crippen LogP contribution in [0.4, 0.5) is 5.69 Å². The van der Waals surface area contributed by atoms with E-state index in [1.165, 1.54) is 18.2 Å². The van der Waals surface area contributed by atoms with Crippen LogP contribution in [-0.4, -0.2) is 38.1 Å². The zero-order valence-electron chi connectivity index (χ0n) is 12.6. The van der Waals surface area contributed by atoms with E-state index in [4.69, 9.17) is 5.11 Å². The smallest absolute Gasteiger partial charge is 0.326 e. The number of aromatic amines is 1. The number of hydrogen-bond donors (Lipinski definition) is 3. The summed E-state index contributed by atoms with van der Waals surface area (Å²) in [5.74, 6) is -1.75. The molecular weight excluding hydrogens is 304 g/mol. The Kier molecular flexibility index (Phi) is 4.58. The highest BCUT2D eigenvalue weighted by Gasteiger charge is 2.24. The van der Waals surface area contributed by atoms with Crippen molar-refractivity contribution in [3.8, 4) is 0 Å². The van der Waals surface area contributed by atoms with Gasteiger partial charge in [-0.05, 0) is 18.4 Å². The number of nitro groups is 1. The van der Waals surface area contributed by atoms with E-state index in [0.717, 1.165) is 0 Å². The fraction of sp³-hybridized carbons (Fsp3) is 0.357.